The van der Waals surface area contributed by atoms with Gasteiger partial charge in [0.2, 0.25) is 5.95 Å². The van der Waals surface area contributed by atoms with Crippen LogP contribution in [0.4, 0.5) is 0 Å². The van der Waals surface area contributed by atoms with Crippen LogP contribution < -0.4 is 4.57 Å². The second kappa shape index (κ2) is 10.8. The van der Waals surface area contributed by atoms with Crippen molar-refractivity contribution in [2.75, 3.05) is 0 Å². The zero-order valence-corrected chi connectivity index (χ0v) is 28.7. The number of nitrogens with one attached hydrogen (secondary N) is 1. The summed E-state index contributed by atoms with van der Waals surface area (Å²) in [5, 5.41) is 4.75. The number of aryl methyl sites for hydroxylation is 2. The van der Waals surface area contributed by atoms with Gasteiger partial charge in [-0.25, -0.2) is 14.5 Å². The molecule has 0 aliphatic rings. The lowest BCUT2D eigenvalue weighted by molar-refractivity contribution is -0.638. The van der Waals surface area contributed by atoms with E-state index >= 15 is 0 Å². The number of hydrogen-bond acceptors (Lipinski definition) is 1. The van der Waals surface area contributed by atoms with Gasteiger partial charge in [0.25, 0.3) is 0 Å². The van der Waals surface area contributed by atoms with Crippen molar-refractivity contribution in [2.24, 2.45) is 14.1 Å². The molecule has 0 bridgehead atoms. The third-order valence-electron chi connectivity index (χ3n) is 10.9. The number of imidazole rings is 2. The maximum atomic E-state index is 5.31. The van der Waals surface area contributed by atoms with E-state index in [2.05, 4.69) is 195 Å². The highest BCUT2D eigenvalue weighted by atomic mass is 15.3. The van der Waals surface area contributed by atoms with Gasteiger partial charge in [0.05, 0.1) is 29.1 Å². The summed E-state index contributed by atoms with van der Waals surface area (Å²) in [5.74, 6) is 1.87. The Balaban J connectivity index is 1.35. The SMILES string of the molecule is Cn1c(-n2c3ccc(-c4ccccc4)cc3c3ccc4c5cc(-c6ccccc6)ccc5n(-c5[nH]c6ccccc6[n+]5C)c4c32)nc2ccccc21. The van der Waals surface area contributed by atoms with Crippen LogP contribution in [-0.2, 0) is 14.1 Å². The molecule has 0 atom stereocenters. The fraction of sp³-hybridized carbons (Fsp3) is 0.0435. The van der Waals surface area contributed by atoms with Crippen LogP contribution in [0.25, 0.3) is 99.8 Å². The monoisotopic (exact) mass is 669 g/mol. The first-order chi connectivity index (χ1) is 25.6. The average molecular weight is 670 g/mol. The Hall–Kier alpha value is -6.92. The molecule has 0 fully saturated rings. The summed E-state index contributed by atoms with van der Waals surface area (Å²) in [6.45, 7) is 0. The fourth-order valence-corrected chi connectivity index (χ4v) is 8.38. The molecule has 0 unspecified atom stereocenters. The van der Waals surface area contributed by atoms with Gasteiger partial charge in [-0.15, -0.1) is 0 Å². The first-order valence-electron chi connectivity index (χ1n) is 17.7. The zero-order chi connectivity index (χ0) is 34.5. The molecule has 52 heavy (non-hydrogen) atoms. The number of benzene rings is 7. The van der Waals surface area contributed by atoms with E-state index in [0.29, 0.717) is 0 Å². The summed E-state index contributed by atoms with van der Waals surface area (Å²) in [4.78, 5) is 9.12. The summed E-state index contributed by atoms with van der Waals surface area (Å²) in [5.41, 5.74) is 13.6. The van der Waals surface area contributed by atoms with E-state index in [-0.39, 0.29) is 0 Å². The maximum absolute atomic E-state index is 5.31. The Morgan fingerprint density at radius 1 is 0.500 bits per heavy atom. The molecule has 0 aliphatic carbocycles. The van der Waals surface area contributed by atoms with E-state index in [1.54, 1.807) is 0 Å². The normalized spacial score (nSPS) is 12.0. The van der Waals surface area contributed by atoms with Gasteiger partial charge >= 0.3 is 5.95 Å². The van der Waals surface area contributed by atoms with Crippen LogP contribution in [0.1, 0.15) is 0 Å². The van der Waals surface area contributed by atoms with E-state index in [0.717, 1.165) is 56.0 Å². The molecule has 0 radical (unpaired) electrons. The van der Waals surface area contributed by atoms with Crippen LogP contribution in [0, 0.1) is 0 Å². The van der Waals surface area contributed by atoms with E-state index < -0.39 is 0 Å². The summed E-state index contributed by atoms with van der Waals surface area (Å²) in [6, 6.07) is 56.6. The summed E-state index contributed by atoms with van der Waals surface area (Å²) in [7, 11) is 4.28. The molecular weight excluding hydrogens is 637 g/mol. The van der Waals surface area contributed by atoms with Crippen LogP contribution >= 0.6 is 0 Å². The Bertz CT molecular complexity index is 2980. The number of rotatable bonds is 4. The third kappa shape index (κ3) is 4.00. The van der Waals surface area contributed by atoms with Crippen molar-refractivity contribution in [2.45, 2.75) is 0 Å². The number of nitrogens with zero attached hydrogens (tertiary/aromatic N) is 5. The van der Waals surface area contributed by atoms with Crippen LogP contribution in [0.5, 0.6) is 0 Å². The lowest BCUT2D eigenvalue weighted by Crippen LogP contribution is -2.32. The van der Waals surface area contributed by atoms with Gasteiger partial charge in [-0.05, 0) is 76.9 Å². The molecule has 4 heterocycles. The highest BCUT2D eigenvalue weighted by Gasteiger charge is 2.29. The average Bonchev–Trinajstić information content (AvgIpc) is 3.92. The minimum absolute atomic E-state index is 0.879. The Labute approximate surface area is 299 Å². The summed E-state index contributed by atoms with van der Waals surface area (Å²) < 4.78 is 9.31. The molecule has 0 amide bonds. The van der Waals surface area contributed by atoms with Gasteiger partial charge in [-0.1, -0.05) is 103 Å². The lowest BCUT2D eigenvalue weighted by Gasteiger charge is -2.09. The smallest absolute Gasteiger partial charge is 0.313 e. The highest BCUT2D eigenvalue weighted by Crippen LogP contribution is 2.43. The number of aromatic nitrogens is 6. The molecule has 6 nitrogen and oxygen atoms in total. The highest BCUT2D eigenvalue weighted by molar-refractivity contribution is 6.24. The number of fused-ring (bicyclic) bond motifs is 9. The number of para-hydroxylation sites is 4. The predicted octanol–water partition coefficient (Wildman–Crippen LogP) is 10.4. The second-order valence-corrected chi connectivity index (χ2v) is 13.7. The van der Waals surface area contributed by atoms with Gasteiger partial charge in [0.1, 0.15) is 22.1 Å². The van der Waals surface area contributed by atoms with Gasteiger partial charge in [-0.2, -0.15) is 4.57 Å². The van der Waals surface area contributed by atoms with Gasteiger partial charge in [0.15, 0.2) is 0 Å². The minimum Gasteiger partial charge on any atom is -0.313 e. The van der Waals surface area contributed by atoms with Crippen molar-refractivity contribution >= 4 is 65.7 Å². The largest absolute Gasteiger partial charge is 0.368 e. The molecule has 1 N–H and O–H groups in total. The summed E-state index contributed by atoms with van der Waals surface area (Å²) >= 11 is 0. The second-order valence-electron chi connectivity index (χ2n) is 13.7. The van der Waals surface area contributed by atoms with E-state index in [1.807, 2.05) is 0 Å². The van der Waals surface area contributed by atoms with Gasteiger partial charge < -0.3 is 4.57 Å². The first-order valence-corrected chi connectivity index (χ1v) is 17.7. The van der Waals surface area contributed by atoms with Crippen molar-refractivity contribution < 1.29 is 4.57 Å². The molecule has 0 aliphatic heterocycles. The molecule has 11 aromatic rings. The molecule has 4 aromatic heterocycles. The lowest BCUT2D eigenvalue weighted by atomic mass is 10.0. The molecule has 11 rings (SSSR count). The number of aromatic amines is 1. The Morgan fingerprint density at radius 2 is 1.06 bits per heavy atom. The van der Waals surface area contributed by atoms with Crippen LogP contribution in [0.3, 0.4) is 0 Å². The minimum atomic E-state index is 0.879. The number of H-pyrrole nitrogens is 1. The molecular formula is C46H33N6+. The third-order valence-corrected chi connectivity index (χ3v) is 10.9. The standard InChI is InChI=1S/C46H32N6/c1-49-41-19-11-9-17-37(41)47-45(49)51-39-25-21-31(29-13-5-3-6-14-29)27-35(39)33-23-24-34-36-28-32(30-15-7-4-8-16-30)22-26-40(36)52(44(34)43(33)51)46-48-38-18-10-12-20-42(38)50(46)2/h3-28H,1-2H3/p+1. The first kappa shape index (κ1) is 28.9. The van der Waals surface area contributed by atoms with Crippen LogP contribution in [0.15, 0.2) is 158 Å². The van der Waals surface area contributed by atoms with E-state index in [1.165, 1.54) is 43.8 Å². The van der Waals surface area contributed by atoms with Crippen LogP contribution in [0.2, 0.25) is 0 Å². The fourth-order valence-electron chi connectivity index (χ4n) is 8.38. The van der Waals surface area contributed by atoms with Gasteiger partial charge in [-0.3, -0.25) is 4.57 Å². The quantitative estimate of drug-likeness (QED) is 0.186. The topological polar surface area (TPSA) is 47.4 Å². The summed E-state index contributed by atoms with van der Waals surface area (Å²) in [6.07, 6.45) is 0. The van der Waals surface area contributed by atoms with Crippen molar-refractivity contribution in [1.29, 1.82) is 0 Å². The van der Waals surface area contributed by atoms with Crippen molar-refractivity contribution in [3.8, 4) is 34.2 Å². The molecule has 0 saturated carbocycles. The van der Waals surface area contributed by atoms with E-state index in [4.69, 9.17) is 4.98 Å². The molecule has 7 aromatic carbocycles. The molecule has 6 heteroatoms. The number of hydrogen-bond donors (Lipinski definition) is 1. The van der Waals surface area contributed by atoms with E-state index in [9.17, 15) is 0 Å². The van der Waals surface area contributed by atoms with Crippen LogP contribution in [-0.4, -0.2) is 23.7 Å². The van der Waals surface area contributed by atoms with Gasteiger partial charge in [0, 0.05) is 28.6 Å². The maximum Gasteiger partial charge on any atom is 0.368 e. The van der Waals surface area contributed by atoms with Crippen molar-refractivity contribution in [1.82, 2.24) is 23.7 Å². The van der Waals surface area contributed by atoms with Crippen molar-refractivity contribution in [3.05, 3.63) is 158 Å². The molecule has 246 valence electrons. The van der Waals surface area contributed by atoms with Crippen molar-refractivity contribution in [3.63, 3.8) is 0 Å². The zero-order valence-electron chi connectivity index (χ0n) is 28.7. The molecule has 0 spiro atoms. The Morgan fingerprint density at radius 3 is 1.69 bits per heavy atom. The predicted molar refractivity (Wildman–Crippen MR) is 213 cm³/mol. The Kier molecular flexibility index (Phi) is 5.99. The molecule has 0 saturated heterocycles.